The summed E-state index contributed by atoms with van der Waals surface area (Å²) in [5.74, 6) is 0. The van der Waals surface area contributed by atoms with Gasteiger partial charge in [0.25, 0.3) is 0 Å². The van der Waals surface area contributed by atoms with Gasteiger partial charge < -0.3 is 18.2 Å². The smallest absolute Gasteiger partial charge is 0.137 e. The number of hydrogen-bond acceptors (Lipinski definition) is 4. The molecule has 0 spiro atoms. The Kier molecular flexibility index (Phi) is 7.20. The van der Waals surface area contributed by atoms with Crippen LogP contribution in [0, 0.1) is 0 Å². The molecule has 9 aromatic carbocycles. The van der Waals surface area contributed by atoms with Crippen molar-refractivity contribution in [3.8, 4) is 33.4 Å². The second-order valence-electron chi connectivity index (χ2n) is 14.9. The molecule has 3 heterocycles. The van der Waals surface area contributed by atoms with Gasteiger partial charge in [-0.1, -0.05) is 109 Å². The number of fused-ring (bicyclic) bond motifs is 9. The molecule has 12 aromatic rings. The van der Waals surface area contributed by atoms with Crippen LogP contribution >= 0.6 is 0 Å². The summed E-state index contributed by atoms with van der Waals surface area (Å²) in [6.07, 6.45) is 0. The van der Waals surface area contributed by atoms with E-state index in [1.54, 1.807) is 0 Å². The third kappa shape index (κ3) is 5.23. The van der Waals surface area contributed by atoms with Crippen LogP contribution in [0.1, 0.15) is 0 Å². The highest BCUT2D eigenvalue weighted by Crippen LogP contribution is 2.43. The predicted octanol–water partition coefficient (Wildman–Crippen LogP) is 15.9. The van der Waals surface area contributed by atoms with Gasteiger partial charge in [-0.2, -0.15) is 0 Å². The molecular formula is C54H33NO3. The Hall–Kier alpha value is -7.82. The Bertz CT molecular complexity index is 3520. The molecule has 0 atom stereocenters. The minimum absolute atomic E-state index is 0.839. The SMILES string of the molecule is c1ccc(-c2ccccc2N(c2ccccc2)c2ccc3c(c2)oc2ccc(-c4ccc5c(c4)oc4cc(-c6ccc7oc8ccccc8c7c6)ccc45)cc23)cc1. The van der Waals surface area contributed by atoms with Crippen molar-refractivity contribution in [1.29, 1.82) is 0 Å². The normalized spacial score (nSPS) is 11.8. The van der Waals surface area contributed by atoms with Gasteiger partial charge in [-0.3, -0.25) is 0 Å². The van der Waals surface area contributed by atoms with E-state index in [0.717, 1.165) is 111 Å². The van der Waals surface area contributed by atoms with Gasteiger partial charge in [0.05, 0.1) is 5.69 Å². The quantitative estimate of drug-likeness (QED) is 0.170. The van der Waals surface area contributed by atoms with E-state index < -0.39 is 0 Å². The molecule has 0 amide bonds. The second-order valence-corrected chi connectivity index (χ2v) is 14.9. The first-order valence-corrected chi connectivity index (χ1v) is 19.6. The molecule has 0 aliphatic carbocycles. The standard InChI is InChI=1S/C54H33NO3/c1-3-11-34(12-4-1)41-15-7-9-17-48(41)55(39-13-5-2-6-14-39)40-23-26-45-47-30-36(22-28-51(47)57-54(45)33-40)38-20-25-44-43-24-19-37(31-52(43)58-53(44)32-38)35-21-27-50-46(29-35)42-16-8-10-18-49(42)56-50/h1-33H. The predicted molar refractivity (Wildman–Crippen MR) is 239 cm³/mol. The first kappa shape index (κ1) is 32.4. The number of rotatable bonds is 6. The summed E-state index contributed by atoms with van der Waals surface area (Å²) in [5, 5.41) is 6.59. The molecule has 12 rings (SSSR count). The van der Waals surface area contributed by atoms with Gasteiger partial charge in [-0.15, -0.1) is 0 Å². The molecule has 0 fully saturated rings. The van der Waals surface area contributed by atoms with Crippen LogP contribution < -0.4 is 4.90 Å². The minimum Gasteiger partial charge on any atom is -0.456 e. The Labute approximate surface area is 333 Å². The number of para-hydroxylation sites is 3. The molecule has 0 N–H and O–H groups in total. The van der Waals surface area contributed by atoms with Crippen molar-refractivity contribution in [3.63, 3.8) is 0 Å². The van der Waals surface area contributed by atoms with Crippen LogP contribution in [0.5, 0.6) is 0 Å². The lowest BCUT2D eigenvalue weighted by Gasteiger charge is -2.27. The zero-order valence-electron chi connectivity index (χ0n) is 31.2. The highest BCUT2D eigenvalue weighted by molar-refractivity contribution is 6.10. The maximum Gasteiger partial charge on any atom is 0.137 e. The van der Waals surface area contributed by atoms with Crippen LogP contribution in [0.25, 0.3) is 99.2 Å². The van der Waals surface area contributed by atoms with Crippen molar-refractivity contribution in [2.75, 3.05) is 4.90 Å². The van der Waals surface area contributed by atoms with Gasteiger partial charge >= 0.3 is 0 Å². The van der Waals surface area contributed by atoms with Crippen LogP contribution in [-0.2, 0) is 0 Å². The lowest BCUT2D eigenvalue weighted by atomic mass is 9.99. The average molecular weight is 744 g/mol. The molecule has 272 valence electrons. The van der Waals surface area contributed by atoms with Crippen LogP contribution in [0.2, 0.25) is 0 Å². The summed E-state index contributed by atoms with van der Waals surface area (Å²) >= 11 is 0. The number of benzene rings is 9. The fourth-order valence-corrected chi connectivity index (χ4v) is 8.66. The third-order valence-corrected chi connectivity index (χ3v) is 11.5. The molecule has 0 saturated carbocycles. The Morgan fingerprint density at radius 3 is 1.43 bits per heavy atom. The zero-order chi connectivity index (χ0) is 38.2. The number of hydrogen-bond donors (Lipinski definition) is 0. The van der Waals surface area contributed by atoms with E-state index in [1.165, 1.54) is 5.56 Å². The molecule has 0 saturated heterocycles. The molecular weight excluding hydrogens is 711 g/mol. The van der Waals surface area contributed by atoms with Gasteiger partial charge in [-0.05, 0) is 113 Å². The van der Waals surface area contributed by atoms with E-state index in [0.29, 0.717) is 0 Å². The Balaban J connectivity index is 0.910. The minimum atomic E-state index is 0.839. The van der Waals surface area contributed by atoms with E-state index in [4.69, 9.17) is 13.3 Å². The molecule has 0 aliphatic rings. The molecule has 3 aromatic heterocycles. The first-order valence-electron chi connectivity index (χ1n) is 19.6. The largest absolute Gasteiger partial charge is 0.456 e. The summed E-state index contributed by atoms with van der Waals surface area (Å²) in [5.41, 5.74) is 15.1. The average Bonchev–Trinajstić information content (AvgIpc) is 3.97. The molecule has 0 aliphatic heterocycles. The zero-order valence-corrected chi connectivity index (χ0v) is 31.2. The van der Waals surface area contributed by atoms with Crippen molar-refractivity contribution in [3.05, 3.63) is 200 Å². The number of furan rings is 3. The van der Waals surface area contributed by atoms with Crippen molar-refractivity contribution in [2.24, 2.45) is 0 Å². The van der Waals surface area contributed by atoms with Crippen molar-refractivity contribution in [2.45, 2.75) is 0 Å². The molecule has 58 heavy (non-hydrogen) atoms. The summed E-state index contributed by atoms with van der Waals surface area (Å²) in [7, 11) is 0. The van der Waals surface area contributed by atoms with Crippen molar-refractivity contribution in [1.82, 2.24) is 0 Å². The van der Waals surface area contributed by atoms with Crippen LogP contribution in [-0.4, -0.2) is 0 Å². The van der Waals surface area contributed by atoms with Crippen LogP contribution in [0.15, 0.2) is 213 Å². The highest BCUT2D eigenvalue weighted by atomic mass is 16.3. The molecule has 4 heteroatoms. The van der Waals surface area contributed by atoms with E-state index in [1.807, 2.05) is 12.1 Å². The molecule has 0 radical (unpaired) electrons. The fourth-order valence-electron chi connectivity index (χ4n) is 8.66. The fraction of sp³-hybridized carbons (Fsp3) is 0. The Morgan fingerprint density at radius 1 is 0.259 bits per heavy atom. The second kappa shape index (κ2) is 12.9. The van der Waals surface area contributed by atoms with Gasteiger partial charge in [0, 0.05) is 55.3 Å². The maximum absolute atomic E-state index is 6.57. The highest BCUT2D eigenvalue weighted by Gasteiger charge is 2.19. The van der Waals surface area contributed by atoms with E-state index in [9.17, 15) is 0 Å². The number of anilines is 3. The van der Waals surface area contributed by atoms with Gasteiger partial charge in [-0.25, -0.2) is 0 Å². The lowest BCUT2D eigenvalue weighted by Crippen LogP contribution is -2.11. The molecule has 4 nitrogen and oxygen atoms in total. The van der Waals surface area contributed by atoms with Crippen LogP contribution in [0.3, 0.4) is 0 Å². The summed E-state index contributed by atoms with van der Waals surface area (Å²) in [4.78, 5) is 2.31. The van der Waals surface area contributed by atoms with Crippen molar-refractivity contribution >= 4 is 82.9 Å². The summed E-state index contributed by atoms with van der Waals surface area (Å²) in [6.45, 7) is 0. The Morgan fingerprint density at radius 2 is 0.724 bits per heavy atom. The first-order chi connectivity index (χ1) is 28.7. The van der Waals surface area contributed by atoms with E-state index in [2.05, 4.69) is 193 Å². The summed E-state index contributed by atoms with van der Waals surface area (Å²) < 4.78 is 19.2. The van der Waals surface area contributed by atoms with Crippen LogP contribution in [0.4, 0.5) is 17.1 Å². The third-order valence-electron chi connectivity index (χ3n) is 11.5. The summed E-state index contributed by atoms with van der Waals surface area (Å²) in [6, 6.07) is 70.2. The van der Waals surface area contributed by atoms with Crippen molar-refractivity contribution < 1.29 is 13.3 Å². The van der Waals surface area contributed by atoms with E-state index in [-0.39, 0.29) is 0 Å². The lowest BCUT2D eigenvalue weighted by molar-refractivity contribution is 0.668. The molecule has 0 bridgehead atoms. The van der Waals surface area contributed by atoms with Gasteiger partial charge in [0.1, 0.15) is 33.5 Å². The maximum atomic E-state index is 6.57. The van der Waals surface area contributed by atoms with E-state index >= 15 is 0 Å². The van der Waals surface area contributed by atoms with Gasteiger partial charge in [0.15, 0.2) is 0 Å². The number of nitrogens with zero attached hydrogens (tertiary/aromatic N) is 1. The topological polar surface area (TPSA) is 42.7 Å². The molecule has 0 unspecified atom stereocenters. The van der Waals surface area contributed by atoms with Gasteiger partial charge in [0.2, 0.25) is 0 Å². The monoisotopic (exact) mass is 743 g/mol.